The van der Waals surface area contributed by atoms with Gasteiger partial charge in [-0.05, 0) is 57.1 Å². The van der Waals surface area contributed by atoms with Crippen molar-refractivity contribution in [3.63, 3.8) is 0 Å². The Labute approximate surface area is 127 Å². The highest BCUT2D eigenvalue weighted by atomic mass is 35.5. The van der Waals surface area contributed by atoms with E-state index in [1.165, 1.54) is 17.5 Å². The van der Waals surface area contributed by atoms with Gasteiger partial charge in [0.05, 0.1) is 6.04 Å². The standard InChI is InChI=1S/C17H24ClNO/c1-5-15(20)16(19(3)4)17(7-6-8-17)13-9-12(2)10-14(18)11-13/h9-11,16H,5-8H2,1-4H3. The normalized spacial score (nSPS) is 18.7. The van der Waals surface area contributed by atoms with Gasteiger partial charge in [-0.25, -0.2) is 0 Å². The predicted molar refractivity (Wildman–Crippen MR) is 84.5 cm³/mol. The van der Waals surface area contributed by atoms with Crippen molar-refractivity contribution >= 4 is 17.4 Å². The Morgan fingerprint density at radius 2 is 2.00 bits per heavy atom. The number of carbonyl (C=O) groups excluding carboxylic acids is 1. The molecule has 0 aliphatic heterocycles. The van der Waals surface area contributed by atoms with Crippen molar-refractivity contribution in [2.75, 3.05) is 14.1 Å². The third-order valence-corrected chi connectivity index (χ3v) is 4.77. The minimum absolute atomic E-state index is 0.0425. The zero-order valence-corrected chi connectivity index (χ0v) is 13.6. The van der Waals surface area contributed by atoms with Gasteiger partial charge in [-0.3, -0.25) is 9.69 Å². The number of carbonyl (C=O) groups is 1. The van der Waals surface area contributed by atoms with E-state index < -0.39 is 0 Å². The third-order valence-electron chi connectivity index (χ3n) is 4.56. The summed E-state index contributed by atoms with van der Waals surface area (Å²) < 4.78 is 0. The van der Waals surface area contributed by atoms with Crippen molar-refractivity contribution in [1.29, 1.82) is 0 Å². The molecule has 0 spiro atoms. The first-order valence-electron chi connectivity index (χ1n) is 7.37. The summed E-state index contributed by atoms with van der Waals surface area (Å²) in [7, 11) is 4.02. The van der Waals surface area contributed by atoms with Gasteiger partial charge in [0.15, 0.2) is 5.78 Å². The lowest BCUT2D eigenvalue weighted by molar-refractivity contribution is -0.127. The van der Waals surface area contributed by atoms with E-state index in [2.05, 4.69) is 17.9 Å². The number of Topliss-reactive ketones (excluding diaryl/α,β-unsaturated/α-hetero) is 1. The lowest BCUT2D eigenvalue weighted by atomic mass is 9.58. The van der Waals surface area contributed by atoms with Crippen LogP contribution >= 0.6 is 11.6 Å². The highest BCUT2D eigenvalue weighted by Crippen LogP contribution is 2.49. The van der Waals surface area contributed by atoms with Crippen molar-refractivity contribution in [2.45, 2.75) is 51.0 Å². The van der Waals surface area contributed by atoms with Crippen molar-refractivity contribution in [1.82, 2.24) is 4.90 Å². The minimum Gasteiger partial charge on any atom is -0.299 e. The molecule has 0 N–H and O–H groups in total. The van der Waals surface area contributed by atoms with Gasteiger partial charge < -0.3 is 0 Å². The van der Waals surface area contributed by atoms with Crippen molar-refractivity contribution in [3.05, 3.63) is 34.3 Å². The van der Waals surface area contributed by atoms with Crippen LogP contribution in [0.2, 0.25) is 5.02 Å². The van der Waals surface area contributed by atoms with Crippen LogP contribution in [0.3, 0.4) is 0 Å². The fourth-order valence-electron chi connectivity index (χ4n) is 3.59. The zero-order chi connectivity index (χ0) is 14.9. The van der Waals surface area contributed by atoms with Gasteiger partial charge in [-0.15, -0.1) is 0 Å². The average molecular weight is 294 g/mol. The van der Waals surface area contributed by atoms with Crippen LogP contribution < -0.4 is 0 Å². The summed E-state index contributed by atoms with van der Waals surface area (Å²) in [5.74, 6) is 0.326. The number of halogens is 1. The quantitative estimate of drug-likeness (QED) is 0.818. The first-order chi connectivity index (χ1) is 9.40. The number of nitrogens with zero attached hydrogens (tertiary/aromatic N) is 1. The fourth-order valence-corrected chi connectivity index (χ4v) is 3.87. The van der Waals surface area contributed by atoms with Crippen molar-refractivity contribution in [3.8, 4) is 0 Å². The van der Waals surface area contributed by atoms with Gasteiger partial charge >= 0.3 is 0 Å². The molecule has 20 heavy (non-hydrogen) atoms. The Hall–Kier alpha value is -0.860. The van der Waals surface area contributed by atoms with Gasteiger partial charge in [0.25, 0.3) is 0 Å². The molecule has 0 saturated heterocycles. The molecule has 1 aromatic rings. The van der Waals surface area contributed by atoms with E-state index >= 15 is 0 Å². The highest BCUT2D eigenvalue weighted by molar-refractivity contribution is 6.30. The number of likely N-dealkylation sites (N-methyl/N-ethyl adjacent to an activating group) is 1. The van der Waals surface area contributed by atoms with E-state index in [-0.39, 0.29) is 11.5 Å². The number of hydrogen-bond donors (Lipinski definition) is 0. The van der Waals surface area contributed by atoms with E-state index in [1.54, 1.807) is 0 Å². The summed E-state index contributed by atoms with van der Waals surface area (Å²) in [6, 6.07) is 6.18. The first-order valence-corrected chi connectivity index (χ1v) is 7.75. The molecule has 1 unspecified atom stereocenters. The molecule has 0 amide bonds. The monoisotopic (exact) mass is 293 g/mol. The molecular formula is C17H24ClNO. The lowest BCUT2D eigenvalue weighted by Gasteiger charge is -2.50. The number of rotatable bonds is 5. The summed E-state index contributed by atoms with van der Waals surface area (Å²) in [4.78, 5) is 14.5. The molecule has 1 atom stereocenters. The Kier molecular flexibility index (Phi) is 4.55. The van der Waals surface area contributed by atoms with E-state index in [0.29, 0.717) is 12.2 Å². The smallest absolute Gasteiger partial charge is 0.150 e. The van der Waals surface area contributed by atoms with Crippen molar-refractivity contribution in [2.24, 2.45) is 0 Å². The molecule has 2 nitrogen and oxygen atoms in total. The lowest BCUT2D eigenvalue weighted by Crippen LogP contribution is -2.56. The van der Waals surface area contributed by atoms with E-state index in [1.807, 2.05) is 33.2 Å². The highest BCUT2D eigenvalue weighted by Gasteiger charge is 2.49. The zero-order valence-electron chi connectivity index (χ0n) is 12.9. The largest absolute Gasteiger partial charge is 0.299 e. The van der Waals surface area contributed by atoms with Gasteiger partial charge in [-0.1, -0.05) is 31.0 Å². The Balaban J connectivity index is 2.49. The maximum absolute atomic E-state index is 12.5. The Bertz CT molecular complexity index is 485. The van der Waals surface area contributed by atoms with Crippen LogP contribution in [0, 0.1) is 6.92 Å². The van der Waals surface area contributed by atoms with Crippen LogP contribution in [0.25, 0.3) is 0 Å². The maximum Gasteiger partial charge on any atom is 0.150 e. The molecule has 0 bridgehead atoms. The number of benzene rings is 1. The van der Waals surface area contributed by atoms with Gasteiger partial charge in [0.2, 0.25) is 0 Å². The van der Waals surface area contributed by atoms with Crippen LogP contribution in [-0.4, -0.2) is 30.8 Å². The summed E-state index contributed by atoms with van der Waals surface area (Å²) in [5.41, 5.74) is 2.35. The maximum atomic E-state index is 12.5. The molecule has 0 radical (unpaired) electrons. The summed E-state index contributed by atoms with van der Waals surface area (Å²) in [6.07, 6.45) is 3.92. The second-order valence-corrected chi connectivity index (χ2v) is 6.65. The molecule has 0 heterocycles. The van der Waals surface area contributed by atoms with Crippen LogP contribution in [0.15, 0.2) is 18.2 Å². The average Bonchev–Trinajstić information content (AvgIpc) is 2.30. The molecule has 3 heteroatoms. The number of ketones is 1. The molecule has 1 fully saturated rings. The Morgan fingerprint density at radius 1 is 1.35 bits per heavy atom. The third kappa shape index (κ3) is 2.64. The topological polar surface area (TPSA) is 20.3 Å². The van der Waals surface area contributed by atoms with Gasteiger partial charge in [0, 0.05) is 16.9 Å². The molecule has 0 aromatic heterocycles. The van der Waals surface area contributed by atoms with Crippen LogP contribution in [0.4, 0.5) is 0 Å². The fraction of sp³-hybridized carbons (Fsp3) is 0.588. The van der Waals surface area contributed by atoms with Crippen molar-refractivity contribution < 1.29 is 4.79 Å². The van der Waals surface area contributed by atoms with E-state index in [9.17, 15) is 4.79 Å². The van der Waals surface area contributed by atoms with Crippen LogP contribution in [-0.2, 0) is 10.2 Å². The molecule has 2 rings (SSSR count). The SMILES string of the molecule is CCC(=O)C(N(C)C)C1(c2cc(C)cc(Cl)c2)CCC1. The molecule has 1 saturated carbocycles. The van der Waals surface area contributed by atoms with Gasteiger partial charge in [-0.2, -0.15) is 0 Å². The predicted octanol–water partition coefficient (Wildman–Crippen LogP) is 3.98. The number of aryl methyl sites for hydroxylation is 1. The molecule has 1 aliphatic rings. The molecule has 1 aliphatic carbocycles. The van der Waals surface area contributed by atoms with Gasteiger partial charge in [0.1, 0.15) is 0 Å². The Morgan fingerprint density at radius 3 is 2.40 bits per heavy atom. The van der Waals surface area contributed by atoms with Crippen LogP contribution in [0.5, 0.6) is 0 Å². The second-order valence-electron chi connectivity index (χ2n) is 6.21. The minimum atomic E-state index is -0.0494. The molecule has 110 valence electrons. The first kappa shape index (κ1) is 15.5. The summed E-state index contributed by atoms with van der Waals surface area (Å²) >= 11 is 6.24. The van der Waals surface area contributed by atoms with E-state index in [4.69, 9.17) is 11.6 Å². The second kappa shape index (κ2) is 5.87. The van der Waals surface area contributed by atoms with E-state index in [0.717, 1.165) is 17.9 Å². The summed E-state index contributed by atoms with van der Waals surface area (Å²) in [6.45, 7) is 4.02. The number of hydrogen-bond acceptors (Lipinski definition) is 2. The molecular weight excluding hydrogens is 270 g/mol. The molecule has 1 aromatic carbocycles. The van der Waals surface area contributed by atoms with Crippen LogP contribution in [0.1, 0.15) is 43.7 Å². The summed E-state index contributed by atoms with van der Waals surface area (Å²) in [5, 5.41) is 0.771.